The Morgan fingerprint density at radius 1 is 1.25 bits per heavy atom. The van der Waals surface area contributed by atoms with Gasteiger partial charge in [-0.3, -0.25) is 0 Å². The Labute approximate surface area is 155 Å². The molecule has 0 saturated heterocycles. The molecule has 134 valence electrons. The van der Waals surface area contributed by atoms with Gasteiger partial charge in [-0.1, -0.05) is 44.5 Å². The highest BCUT2D eigenvalue weighted by molar-refractivity contribution is 6.30. The Kier molecular flexibility index (Phi) is 8.07. The Morgan fingerprint density at radius 3 is 2.62 bits per heavy atom. The van der Waals surface area contributed by atoms with Crippen molar-refractivity contribution >= 4 is 24.0 Å². The number of hydrogen-bond acceptors (Lipinski definition) is 3. The molecule has 1 aromatic carbocycles. The van der Waals surface area contributed by atoms with E-state index < -0.39 is 0 Å². The first-order chi connectivity index (χ1) is 10.9. The van der Waals surface area contributed by atoms with Gasteiger partial charge in [0.25, 0.3) is 0 Å². The quantitative estimate of drug-likeness (QED) is 0.766. The van der Waals surface area contributed by atoms with Crippen LogP contribution in [0, 0.1) is 5.41 Å². The van der Waals surface area contributed by atoms with Gasteiger partial charge in [-0.05, 0) is 36.6 Å². The summed E-state index contributed by atoms with van der Waals surface area (Å²) in [4.78, 5) is 0. The van der Waals surface area contributed by atoms with Crippen molar-refractivity contribution in [2.24, 2.45) is 5.41 Å². The Hall–Kier alpha value is -1.23. The lowest BCUT2D eigenvalue weighted by atomic mass is 9.92. The van der Waals surface area contributed by atoms with Gasteiger partial charge in [0.2, 0.25) is 5.88 Å². The fourth-order valence-corrected chi connectivity index (χ4v) is 2.43. The molecule has 1 N–H and O–H groups in total. The summed E-state index contributed by atoms with van der Waals surface area (Å²) in [5.41, 5.74) is 2.30. The lowest BCUT2D eigenvalue weighted by molar-refractivity contribution is 0.258. The van der Waals surface area contributed by atoms with E-state index in [2.05, 4.69) is 31.2 Å². The predicted molar refractivity (Wildman–Crippen MR) is 102 cm³/mol. The molecule has 2 rings (SSSR count). The molecule has 1 aromatic heterocycles. The summed E-state index contributed by atoms with van der Waals surface area (Å²) < 4.78 is 7.95. The van der Waals surface area contributed by atoms with Gasteiger partial charge < -0.3 is 10.1 Å². The van der Waals surface area contributed by atoms with Crippen LogP contribution in [0.3, 0.4) is 0 Å². The topological polar surface area (TPSA) is 39.1 Å². The number of benzene rings is 1. The molecular weight excluding hydrogens is 345 g/mol. The second kappa shape index (κ2) is 9.30. The van der Waals surface area contributed by atoms with Crippen LogP contribution in [0.15, 0.2) is 30.3 Å². The molecule has 4 nitrogen and oxygen atoms in total. The van der Waals surface area contributed by atoms with Crippen molar-refractivity contribution in [2.75, 3.05) is 7.05 Å². The van der Waals surface area contributed by atoms with Crippen molar-refractivity contribution in [2.45, 2.75) is 46.9 Å². The Bertz CT molecular complexity index is 635. The molecule has 0 aliphatic heterocycles. The van der Waals surface area contributed by atoms with Crippen LogP contribution in [0.25, 0.3) is 0 Å². The van der Waals surface area contributed by atoms with E-state index in [0.29, 0.717) is 6.61 Å². The first-order valence-corrected chi connectivity index (χ1v) is 8.34. The molecular formula is C18H27Cl2N3O. The number of aromatic nitrogens is 2. The highest BCUT2D eigenvalue weighted by Gasteiger charge is 2.14. The van der Waals surface area contributed by atoms with Crippen molar-refractivity contribution in [1.29, 1.82) is 0 Å². The number of aryl methyl sites for hydroxylation is 1. The monoisotopic (exact) mass is 371 g/mol. The summed E-state index contributed by atoms with van der Waals surface area (Å²) in [6.07, 6.45) is 1.04. The molecule has 0 bridgehead atoms. The molecule has 0 aliphatic carbocycles. The molecule has 0 aliphatic rings. The van der Waals surface area contributed by atoms with E-state index in [1.807, 2.05) is 42.1 Å². The number of ether oxygens (including phenoxy) is 1. The van der Waals surface area contributed by atoms with Crippen LogP contribution in [0.2, 0.25) is 5.02 Å². The molecule has 0 fully saturated rings. The number of nitrogens with one attached hydrogen (secondary N) is 1. The number of halogens is 2. The van der Waals surface area contributed by atoms with E-state index >= 15 is 0 Å². The summed E-state index contributed by atoms with van der Waals surface area (Å²) in [7, 11) is 1.92. The minimum absolute atomic E-state index is 0. The van der Waals surface area contributed by atoms with E-state index in [-0.39, 0.29) is 17.8 Å². The molecule has 24 heavy (non-hydrogen) atoms. The van der Waals surface area contributed by atoms with Gasteiger partial charge in [-0.25, -0.2) is 4.68 Å². The zero-order valence-electron chi connectivity index (χ0n) is 14.8. The van der Waals surface area contributed by atoms with Crippen molar-refractivity contribution in [1.82, 2.24) is 15.1 Å². The predicted octanol–water partition coefficient (Wildman–Crippen LogP) is 4.69. The van der Waals surface area contributed by atoms with Gasteiger partial charge in [-0.15, -0.1) is 12.4 Å². The molecule has 0 unspecified atom stereocenters. The summed E-state index contributed by atoms with van der Waals surface area (Å²) in [5, 5.41) is 8.49. The normalized spacial score (nSPS) is 11.2. The minimum Gasteiger partial charge on any atom is -0.473 e. The van der Waals surface area contributed by atoms with E-state index in [4.69, 9.17) is 16.3 Å². The van der Waals surface area contributed by atoms with Crippen molar-refractivity contribution in [3.8, 4) is 5.88 Å². The average Bonchev–Trinajstić information content (AvgIpc) is 2.85. The summed E-state index contributed by atoms with van der Waals surface area (Å²) in [5.74, 6) is 0.805. The molecule has 0 radical (unpaired) electrons. The number of rotatable bonds is 7. The van der Waals surface area contributed by atoms with Crippen molar-refractivity contribution in [3.05, 3.63) is 46.6 Å². The van der Waals surface area contributed by atoms with Crippen LogP contribution in [-0.4, -0.2) is 16.8 Å². The largest absolute Gasteiger partial charge is 0.473 e. The highest BCUT2D eigenvalue weighted by atomic mass is 35.5. The average molecular weight is 372 g/mol. The van der Waals surface area contributed by atoms with Crippen LogP contribution < -0.4 is 10.1 Å². The SMILES string of the molecule is CNCc1cc(OCc2cccc(Cl)c2)n(CCC(C)(C)C)n1.Cl. The fraction of sp³-hybridized carbons (Fsp3) is 0.500. The van der Waals surface area contributed by atoms with Crippen molar-refractivity contribution < 1.29 is 4.74 Å². The lowest BCUT2D eigenvalue weighted by Gasteiger charge is -2.18. The van der Waals surface area contributed by atoms with Gasteiger partial charge in [0.05, 0.1) is 5.69 Å². The van der Waals surface area contributed by atoms with Crippen LogP contribution in [-0.2, 0) is 19.7 Å². The molecule has 1 heterocycles. The number of nitrogens with zero attached hydrogens (tertiary/aromatic N) is 2. The van der Waals surface area contributed by atoms with E-state index in [9.17, 15) is 0 Å². The first kappa shape index (κ1) is 20.8. The van der Waals surface area contributed by atoms with Crippen LogP contribution in [0.1, 0.15) is 38.4 Å². The van der Waals surface area contributed by atoms with Crippen LogP contribution >= 0.6 is 24.0 Å². The molecule has 6 heteroatoms. The third-order valence-corrected chi connectivity index (χ3v) is 3.74. The first-order valence-electron chi connectivity index (χ1n) is 7.96. The standard InChI is InChI=1S/C18H26ClN3O.ClH/c1-18(2,3)8-9-22-17(11-16(21-22)12-20-4)23-13-14-6-5-7-15(19)10-14;/h5-7,10-11,20H,8-9,12-13H2,1-4H3;1H. The zero-order chi connectivity index (χ0) is 16.9. The molecule has 0 spiro atoms. The molecule has 0 saturated carbocycles. The smallest absolute Gasteiger partial charge is 0.212 e. The summed E-state index contributed by atoms with van der Waals surface area (Å²) in [6, 6.07) is 9.74. The Balaban J connectivity index is 0.00000288. The van der Waals surface area contributed by atoms with E-state index in [1.165, 1.54) is 0 Å². The third kappa shape index (κ3) is 6.71. The van der Waals surface area contributed by atoms with E-state index in [0.717, 1.165) is 41.7 Å². The maximum atomic E-state index is 6.02. The van der Waals surface area contributed by atoms with Gasteiger partial charge >= 0.3 is 0 Å². The van der Waals surface area contributed by atoms with Gasteiger partial charge in [0.15, 0.2) is 0 Å². The zero-order valence-corrected chi connectivity index (χ0v) is 16.4. The molecule has 0 amide bonds. The van der Waals surface area contributed by atoms with Gasteiger partial charge in [-0.2, -0.15) is 5.10 Å². The van der Waals surface area contributed by atoms with Crippen LogP contribution in [0.5, 0.6) is 5.88 Å². The third-order valence-electron chi connectivity index (χ3n) is 3.50. The second-order valence-corrected chi connectivity index (χ2v) is 7.39. The maximum Gasteiger partial charge on any atom is 0.212 e. The van der Waals surface area contributed by atoms with Gasteiger partial charge in [0.1, 0.15) is 6.61 Å². The molecule has 0 atom stereocenters. The lowest BCUT2D eigenvalue weighted by Crippen LogP contribution is -2.13. The summed E-state index contributed by atoms with van der Waals surface area (Å²) in [6.45, 7) is 8.77. The number of hydrogen-bond donors (Lipinski definition) is 1. The minimum atomic E-state index is 0. The molecule has 2 aromatic rings. The fourth-order valence-electron chi connectivity index (χ4n) is 2.22. The second-order valence-electron chi connectivity index (χ2n) is 6.96. The van der Waals surface area contributed by atoms with E-state index in [1.54, 1.807) is 0 Å². The van der Waals surface area contributed by atoms with Crippen molar-refractivity contribution in [3.63, 3.8) is 0 Å². The Morgan fingerprint density at radius 2 is 2.00 bits per heavy atom. The van der Waals surface area contributed by atoms with Crippen LogP contribution in [0.4, 0.5) is 0 Å². The highest BCUT2D eigenvalue weighted by Crippen LogP contribution is 2.23. The maximum absolute atomic E-state index is 6.02. The van der Waals surface area contributed by atoms with Gasteiger partial charge in [0, 0.05) is 24.2 Å². The summed E-state index contributed by atoms with van der Waals surface area (Å²) >= 11 is 6.02.